The van der Waals surface area contributed by atoms with Crippen LogP contribution in [0, 0.1) is 11.8 Å². The van der Waals surface area contributed by atoms with Gasteiger partial charge in [-0.3, -0.25) is 4.57 Å². The molecule has 2 aliphatic rings. The monoisotopic (exact) mass is 204 g/mol. The van der Waals surface area contributed by atoms with E-state index in [4.69, 9.17) is 9.05 Å². The molecule has 0 spiro atoms. The molecule has 76 valence electrons. The maximum atomic E-state index is 12.1. The number of fused-ring (bicyclic) bond motifs is 2. The molecule has 2 aliphatic carbocycles. The van der Waals surface area contributed by atoms with Crippen molar-refractivity contribution in [3.8, 4) is 0 Å². The Morgan fingerprint density at radius 1 is 1.15 bits per heavy atom. The summed E-state index contributed by atoms with van der Waals surface area (Å²) in [5.41, 5.74) is 0.182. The zero-order valence-corrected chi connectivity index (χ0v) is 9.13. The molecule has 0 saturated heterocycles. The van der Waals surface area contributed by atoms with Crippen LogP contribution in [0.15, 0.2) is 0 Å². The van der Waals surface area contributed by atoms with Gasteiger partial charge in [-0.2, -0.15) is 0 Å². The molecule has 0 aliphatic heterocycles. The van der Waals surface area contributed by atoms with Gasteiger partial charge in [0.15, 0.2) is 0 Å². The molecule has 0 radical (unpaired) electrons. The molecule has 3 atom stereocenters. The van der Waals surface area contributed by atoms with Crippen molar-refractivity contribution in [1.29, 1.82) is 0 Å². The lowest BCUT2D eigenvalue weighted by Gasteiger charge is -2.27. The first-order valence-electron chi connectivity index (χ1n) is 4.91. The predicted molar refractivity (Wildman–Crippen MR) is 50.9 cm³/mol. The van der Waals surface area contributed by atoms with Crippen LogP contribution in [0.25, 0.3) is 0 Å². The summed E-state index contributed by atoms with van der Waals surface area (Å²) in [6, 6.07) is 0. The second-order valence-corrected chi connectivity index (χ2v) is 6.62. The normalized spacial score (nSPS) is 38.5. The zero-order chi connectivity index (χ0) is 9.47. The van der Waals surface area contributed by atoms with Gasteiger partial charge < -0.3 is 9.05 Å². The Hall–Kier alpha value is 0.150. The van der Waals surface area contributed by atoms with Gasteiger partial charge >= 0.3 is 7.60 Å². The summed E-state index contributed by atoms with van der Waals surface area (Å²) in [6.07, 6.45) is 4.81. The molecule has 2 fully saturated rings. The Morgan fingerprint density at radius 2 is 1.85 bits per heavy atom. The quantitative estimate of drug-likeness (QED) is 0.663. The van der Waals surface area contributed by atoms with E-state index >= 15 is 0 Å². The highest BCUT2D eigenvalue weighted by molar-refractivity contribution is 7.54. The highest BCUT2D eigenvalue weighted by atomic mass is 31.2. The molecule has 4 heteroatoms. The maximum absolute atomic E-state index is 12.1. The van der Waals surface area contributed by atoms with Crippen molar-refractivity contribution in [2.24, 2.45) is 11.8 Å². The van der Waals surface area contributed by atoms with Gasteiger partial charge in [0.05, 0.1) is 5.66 Å². The minimum Gasteiger partial charge on any atom is -0.312 e. The van der Waals surface area contributed by atoms with Crippen molar-refractivity contribution in [3.63, 3.8) is 0 Å². The minimum atomic E-state index is -2.77. The van der Waals surface area contributed by atoms with Crippen LogP contribution in [0.3, 0.4) is 0 Å². The maximum Gasteiger partial charge on any atom is 0.333 e. The Kier molecular flexibility index (Phi) is 2.52. The third-order valence-corrected chi connectivity index (χ3v) is 6.08. The van der Waals surface area contributed by atoms with E-state index in [0.717, 1.165) is 12.3 Å². The van der Waals surface area contributed by atoms with Gasteiger partial charge in [0.2, 0.25) is 0 Å². The number of rotatable bonds is 3. The molecular weight excluding hydrogens is 187 g/mol. The van der Waals surface area contributed by atoms with Crippen molar-refractivity contribution in [1.82, 2.24) is 0 Å². The van der Waals surface area contributed by atoms with Gasteiger partial charge in [-0.1, -0.05) is 6.42 Å². The fourth-order valence-corrected chi connectivity index (χ4v) is 4.98. The molecule has 0 N–H and O–H groups in total. The van der Waals surface area contributed by atoms with Crippen molar-refractivity contribution in [2.45, 2.75) is 31.3 Å². The van der Waals surface area contributed by atoms with Crippen LogP contribution in [0.2, 0.25) is 0 Å². The summed E-state index contributed by atoms with van der Waals surface area (Å²) < 4.78 is 22.2. The molecule has 0 aromatic rings. The molecule has 13 heavy (non-hydrogen) atoms. The van der Waals surface area contributed by atoms with Gasteiger partial charge in [0.1, 0.15) is 0 Å². The van der Waals surface area contributed by atoms with E-state index in [1.165, 1.54) is 33.5 Å². The summed E-state index contributed by atoms with van der Waals surface area (Å²) in [6.45, 7) is 0. The molecule has 2 bridgehead atoms. The van der Waals surface area contributed by atoms with Crippen molar-refractivity contribution in [3.05, 3.63) is 0 Å². The van der Waals surface area contributed by atoms with Crippen LogP contribution in [-0.4, -0.2) is 19.9 Å². The van der Waals surface area contributed by atoms with Crippen LogP contribution in [0.1, 0.15) is 25.7 Å². The standard InChI is InChI=1S/C9H17O3P/c1-11-13(10,12-2)9-6-7-3-4-8(9)5-7/h7-9H,3-6H2,1-2H3/t7-,8+,9+/m0/s1. The van der Waals surface area contributed by atoms with E-state index < -0.39 is 7.60 Å². The van der Waals surface area contributed by atoms with Crippen LogP contribution in [-0.2, 0) is 13.6 Å². The molecule has 0 amide bonds. The highest BCUT2D eigenvalue weighted by Gasteiger charge is 2.49. The minimum absolute atomic E-state index is 0.182. The Balaban J connectivity index is 2.13. The summed E-state index contributed by atoms with van der Waals surface area (Å²) in [5.74, 6) is 1.38. The Morgan fingerprint density at radius 3 is 2.23 bits per heavy atom. The first-order chi connectivity index (χ1) is 6.19. The average molecular weight is 204 g/mol. The van der Waals surface area contributed by atoms with Gasteiger partial charge in [0.25, 0.3) is 0 Å². The van der Waals surface area contributed by atoms with E-state index in [1.54, 1.807) is 0 Å². The van der Waals surface area contributed by atoms with Crippen LogP contribution < -0.4 is 0 Å². The third-order valence-electron chi connectivity index (χ3n) is 3.62. The summed E-state index contributed by atoms with van der Waals surface area (Å²) in [4.78, 5) is 0. The van der Waals surface area contributed by atoms with Gasteiger partial charge in [-0.15, -0.1) is 0 Å². The third kappa shape index (κ3) is 1.47. The van der Waals surface area contributed by atoms with E-state index in [2.05, 4.69) is 0 Å². The van der Waals surface area contributed by atoms with Crippen LogP contribution in [0.5, 0.6) is 0 Å². The lowest BCUT2D eigenvalue weighted by atomic mass is 10.0. The lowest BCUT2D eigenvalue weighted by molar-refractivity contribution is 0.252. The van der Waals surface area contributed by atoms with Gasteiger partial charge in [-0.05, 0) is 31.1 Å². The molecule has 0 aromatic carbocycles. The molecule has 0 unspecified atom stereocenters. The van der Waals surface area contributed by atoms with E-state index in [0.29, 0.717) is 5.92 Å². The average Bonchev–Trinajstić information content (AvgIpc) is 2.77. The molecule has 2 saturated carbocycles. The summed E-state index contributed by atoms with van der Waals surface area (Å²) in [5, 5.41) is 0. The van der Waals surface area contributed by atoms with Crippen LogP contribution in [0.4, 0.5) is 0 Å². The molecule has 0 aromatic heterocycles. The van der Waals surface area contributed by atoms with E-state index in [9.17, 15) is 4.57 Å². The van der Waals surface area contributed by atoms with Gasteiger partial charge in [-0.25, -0.2) is 0 Å². The van der Waals surface area contributed by atoms with Crippen molar-refractivity contribution in [2.75, 3.05) is 14.2 Å². The number of hydrogen-bond acceptors (Lipinski definition) is 3. The summed E-state index contributed by atoms with van der Waals surface area (Å²) >= 11 is 0. The smallest absolute Gasteiger partial charge is 0.312 e. The first kappa shape index (κ1) is 9.70. The molecule has 0 heterocycles. The Bertz CT molecular complexity index is 233. The largest absolute Gasteiger partial charge is 0.333 e. The fourth-order valence-electron chi connectivity index (χ4n) is 2.94. The van der Waals surface area contributed by atoms with E-state index in [1.807, 2.05) is 0 Å². The van der Waals surface area contributed by atoms with E-state index in [-0.39, 0.29) is 5.66 Å². The molecule has 3 nitrogen and oxygen atoms in total. The van der Waals surface area contributed by atoms with Crippen LogP contribution >= 0.6 is 7.60 Å². The molecular formula is C9H17O3P. The second kappa shape index (κ2) is 3.38. The molecule has 2 rings (SSSR count). The topological polar surface area (TPSA) is 35.5 Å². The lowest BCUT2D eigenvalue weighted by Crippen LogP contribution is -2.18. The predicted octanol–water partition coefficient (Wildman–Crippen LogP) is 2.66. The fraction of sp³-hybridized carbons (Fsp3) is 1.00. The zero-order valence-electron chi connectivity index (χ0n) is 8.23. The van der Waals surface area contributed by atoms with Crippen molar-refractivity contribution >= 4 is 7.60 Å². The SMILES string of the molecule is COP(=O)(OC)[C@@H]1C[C@H]2CC[C@@H]1C2. The first-order valence-corrected chi connectivity index (χ1v) is 6.52. The second-order valence-electron chi connectivity index (χ2n) is 4.15. The number of hydrogen-bond donors (Lipinski definition) is 0. The Labute approximate surface area is 79.3 Å². The van der Waals surface area contributed by atoms with Crippen molar-refractivity contribution < 1.29 is 13.6 Å². The van der Waals surface area contributed by atoms with Gasteiger partial charge in [0, 0.05) is 14.2 Å². The highest BCUT2D eigenvalue weighted by Crippen LogP contribution is 2.63. The summed E-state index contributed by atoms with van der Waals surface area (Å²) in [7, 11) is 0.222.